The molecular formula is C13H17NO4. The predicted molar refractivity (Wildman–Crippen MR) is 66.0 cm³/mol. The van der Waals surface area contributed by atoms with Crippen LogP contribution in [0.3, 0.4) is 0 Å². The van der Waals surface area contributed by atoms with Gasteiger partial charge in [0.15, 0.2) is 5.78 Å². The van der Waals surface area contributed by atoms with Gasteiger partial charge in [-0.3, -0.25) is 9.59 Å². The summed E-state index contributed by atoms with van der Waals surface area (Å²) in [6.07, 6.45) is -2.75. The molecular weight excluding hydrogens is 234 g/mol. The first-order chi connectivity index (χ1) is 8.32. The van der Waals surface area contributed by atoms with Gasteiger partial charge in [-0.25, -0.2) is 0 Å². The van der Waals surface area contributed by atoms with E-state index in [0.717, 1.165) is 0 Å². The van der Waals surface area contributed by atoms with Gasteiger partial charge in [-0.1, -0.05) is 12.1 Å². The second kappa shape index (κ2) is 5.75. The Morgan fingerprint density at radius 1 is 1.33 bits per heavy atom. The lowest BCUT2D eigenvalue weighted by molar-refractivity contribution is -0.121. The zero-order valence-electron chi connectivity index (χ0n) is 10.4. The van der Waals surface area contributed by atoms with Crippen LogP contribution in [0.1, 0.15) is 40.9 Å². The average molecular weight is 251 g/mol. The Labute approximate surface area is 105 Å². The minimum absolute atomic E-state index is 0.0724. The zero-order chi connectivity index (χ0) is 13.9. The summed E-state index contributed by atoms with van der Waals surface area (Å²) in [5.41, 5.74) is 6.65. The summed E-state index contributed by atoms with van der Waals surface area (Å²) in [5.74, 6) is -0.753. The smallest absolute Gasteiger partial charge is 0.220 e. The molecule has 0 aliphatic rings. The molecule has 2 unspecified atom stereocenters. The minimum Gasteiger partial charge on any atom is -0.390 e. The van der Waals surface area contributed by atoms with Gasteiger partial charge in [0.2, 0.25) is 5.91 Å². The van der Waals surface area contributed by atoms with Crippen LogP contribution in [0.2, 0.25) is 0 Å². The van der Waals surface area contributed by atoms with Crippen molar-refractivity contribution in [1.82, 2.24) is 0 Å². The summed E-state index contributed by atoms with van der Waals surface area (Å²) in [5, 5.41) is 19.5. The van der Waals surface area contributed by atoms with E-state index in [9.17, 15) is 19.8 Å². The van der Waals surface area contributed by atoms with E-state index in [0.29, 0.717) is 16.7 Å². The van der Waals surface area contributed by atoms with Crippen LogP contribution in [0.4, 0.5) is 0 Å². The molecule has 1 aromatic rings. The van der Waals surface area contributed by atoms with Gasteiger partial charge in [-0.15, -0.1) is 0 Å². The molecule has 0 fully saturated rings. The molecule has 0 radical (unpaired) electrons. The largest absolute Gasteiger partial charge is 0.390 e. The third-order valence-electron chi connectivity index (χ3n) is 2.77. The molecule has 0 aliphatic carbocycles. The highest BCUT2D eigenvalue weighted by molar-refractivity contribution is 5.94. The van der Waals surface area contributed by atoms with Gasteiger partial charge in [0.25, 0.3) is 0 Å². The van der Waals surface area contributed by atoms with E-state index < -0.39 is 18.1 Å². The predicted octanol–water partition coefficient (Wildman–Crippen LogP) is 0.467. The Kier molecular flexibility index (Phi) is 4.58. The first-order valence-corrected chi connectivity index (χ1v) is 5.59. The van der Waals surface area contributed by atoms with Crippen molar-refractivity contribution in [3.8, 4) is 0 Å². The third kappa shape index (κ3) is 3.38. The molecule has 0 bridgehead atoms. The van der Waals surface area contributed by atoms with Gasteiger partial charge in [0.1, 0.15) is 6.10 Å². The van der Waals surface area contributed by atoms with Crippen LogP contribution in [-0.4, -0.2) is 28.0 Å². The highest BCUT2D eigenvalue weighted by Crippen LogP contribution is 2.23. The standard InChI is InChI=1S/C13H17NO4/c1-7-5-9(8(2)15)3-4-10(7)13(18)11(16)6-12(14)17/h3-5,11,13,16,18H,6H2,1-2H3,(H2,14,17). The number of benzene rings is 1. The van der Waals surface area contributed by atoms with Gasteiger partial charge in [-0.05, 0) is 31.0 Å². The molecule has 1 rings (SSSR count). The maximum absolute atomic E-state index is 11.2. The molecule has 1 amide bonds. The Morgan fingerprint density at radius 3 is 2.39 bits per heavy atom. The normalized spacial score (nSPS) is 14.0. The molecule has 0 spiro atoms. The number of nitrogens with two attached hydrogens (primary N) is 1. The molecule has 2 atom stereocenters. The number of Topliss-reactive ketones (excluding diaryl/α,β-unsaturated/α-hetero) is 1. The number of carbonyl (C=O) groups excluding carboxylic acids is 2. The number of hydrogen-bond donors (Lipinski definition) is 3. The molecule has 5 heteroatoms. The lowest BCUT2D eigenvalue weighted by Crippen LogP contribution is -2.26. The Balaban J connectivity index is 2.96. The maximum atomic E-state index is 11.2. The molecule has 5 nitrogen and oxygen atoms in total. The Bertz CT molecular complexity index is 470. The molecule has 98 valence electrons. The van der Waals surface area contributed by atoms with Gasteiger partial charge < -0.3 is 15.9 Å². The van der Waals surface area contributed by atoms with Crippen molar-refractivity contribution in [2.45, 2.75) is 32.5 Å². The number of rotatable bonds is 5. The summed E-state index contributed by atoms with van der Waals surface area (Å²) in [4.78, 5) is 21.9. The fourth-order valence-corrected chi connectivity index (χ4v) is 1.75. The number of aryl methyl sites for hydroxylation is 1. The first-order valence-electron chi connectivity index (χ1n) is 5.59. The fourth-order valence-electron chi connectivity index (χ4n) is 1.75. The van der Waals surface area contributed by atoms with Crippen molar-refractivity contribution in [2.24, 2.45) is 5.73 Å². The molecule has 18 heavy (non-hydrogen) atoms. The van der Waals surface area contributed by atoms with E-state index >= 15 is 0 Å². The van der Waals surface area contributed by atoms with E-state index in [1.54, 1.807) is 25.1 Å². The SMILES string of the molecule is CC(=O)c1ccc(C(O)C(O)CC(N)=O)c(C)c1. The fraction of sp³-hybridized carbons (Fsp3) is 0.385. The molecule has 0 aromatic heterocycles. The van der Waals surface area contributed by atoms with Crippen molar-refractivity contribution >= 4 is 11.7 Å². The third-order valence-corrected chi connectivity index (χ3v) is 2.77. The Hall–Kier alpha value is -1.72. The number of hydrogen-bond acceptors (Lipinski definition) is 4. The number of ketones is 1. The zero-order valence-corrected chi connectivity index (χ0v) is 10.4. The second-order valence-corrected chi connectivity index (χ2v) is 4.31. The van der Waals surface area contributed by atoms with Gasteiger partial charge in [0.05, 0.1) is 12.5 Å². The number of aliphatic hydroxyl groups is 2. The quantitative estimate of drug-likeness (QED) is 0.662. The molecule has 1 aromatic carbocycles. The summed E-state index contributed by atoms with van der Waals surface area (Å²) in [6, 6.07) is 4.78. The molecule has 0 saturated carbocycles. The van der Waals surface area contributed by atoms with E-state index in [-0.39, 0.29) is 12.2 Å². The topological polar surface area (TPSA) is 101 Å². The van der Waals surface area contributed by atoms with Crippen LogP contribution in [0, 0.1) is 6.92 Å². The van der Waals surface area contributed by atoms with Crippen LogP contribution < -0.4 is 5.73 Å². The van der Waals surface area contributed by atoms with Gasteiger partial charge >= 0.3 is 0 Å². The molecule has 4 N–H and O–H groups in total. The van der Waals surface area contributed by atoms with Crippen LogP contribution in [-0.2, 0) is 4.79 Å². The number of carbonyl (C=O) groups is 2. The maximum Gasteiger partial charge on any atom is 0.220 e. The van der Waals surface area contributed by atoms with Crippen LogP contribution in [0.5, 0.6) is 0 Å². The number of amides is 1. The lowest BCUT2D eigenvalue weighted by Gasteiger charge is -2.19. The van der Waals surface area contributed by atoms with Crippen molar-refractivity contribution in [3.63, 3.8) is 0 Å². The lowest BCUT2D eigenvalue weighted by atomic mass is 9.95. The minimum atomic E-state index is -1.25. The van der Waals surface area contributed by atoms with E-state index in [1.807, 2.05) is 0 Å². The summed E-state index contributed by atoms with van der Waals surface area (Å²) in [7, 11) is 0. The van der Waals surface area contributed by atoms with Crippen molar-refractivity contribution in [2.75, 3.05) is 0 Å². The van der Waals surface area contributed by atoms with Crippen LogP contribution >= 0.6 is 0 Å². The van der Waals surface area contributed by atoms with Gasteiger partial charge in [-0.2, -0.15) is 0 Å². The van der Waals surface area contributed by atoms with Crippen LogP contribution in [0.15, 0.2) is 18.2 Å². The highest BCUT2D eigenvalue weighted by Gasteiger charge is 2.22. The second-order valence-electron chi connectivity index (χ2n) is 4.31. The summed E-state index contributed by atoms with van der Waals surface area (Å²) < 4.78 is 0. The molecule has 0 saturated heterocycles. The van der Waals surface area contributed by atoms with E-state index in [2.05, 4.69) is 0 Å². The van der Waals surface area contributed by atoms with E-state index in [4.69, 9.17) is 5.73 Å². The molecule has 0 aliphatic heterocycles. The van der Waals surface area contributed by atoms with Crippen molar-refractivity contribution in [3.05, 3.63) is 34.9 Å². The number of aliphatic hydroxyl groups excluding tert-OH is 2. The van der Waals surface area contributed by atoms with Gasteiger partial charge in [0, 0.05) is 5.56 Å². The number of primary amides is 1. The van der Waals surface area contributed by atoms with E-state index in [1.165, 1.54) is 6.92 Å². The summed E-state index contributed by atoms with van der Waals surface area (Å²) in [6.45, 7) is 3.18. The first kappa shape index (κ1) is 14.3. The summed E-state index contributed by atoms with van der Waals surface area (Å²) >= 11 is 0. The monoisotopic (exact) mass is 251 g/mol. The van der Waals surface area contributed by atoms with Crippen LogP contribution in [0.25, 0.3) is 0 Å². The van der Waals surface area contributed by atoms with Crippen molar-refractivity contribution in [1.29, 1.82) is 0 Å². The highest BCUT2D eigenvalue weighted by atomic mass is 16.3. The van der Waals surface area contributed by atoms with Crippen molar-refractivity contribution < 1.29 is 19.8 Å². The average Bonchev–Trinajstić information content (AvgIpc) is 2.26. The molecule has 0 heterocycles. The Morgan fingerprint density at radius 2 is 1.94 bits per heavy atom.